The van der Waals surface area contributed by atoms with Crippen LogP contribution in [0.25, 0.3) is 0 Å². The van der Waals surface area contributed by atoms with Gasteiger partial charge in [0.1, 0.15) is 17.8 Å². The molecule has 0 aliphatic heterocycles. The minimum atomic E-state index is -0.675. The average molecular weight is 351 g/mol. The van der Waals surface area contributed by atoms with Crippen molar-refractivity contribution in [1.82, 2.24) is 4.90 Å². The van der Waals surface area contributed by atoms with E-state index < -0.39 is 22.4 Å². The molecule has 0 bridgehead atoms. The molecular formula is C17H25N3O5. The summed E-state index contributed by atoms with van der Waals surface area (Å²) < 4.78 is 5.27. The van der Waals surface area contributed by atoms with Crippen LogP contribution in [0.4, 0.5) is 11.4 Å². The van der Waals surface area contributed by atoms with E-state index in [0.717, 1.165) is 0 Å². The van der Waals surface area contributed by atoms with Crippen LogP contribution in [0.1, 0.15) is 51.4 Å². The zero-order valence-corrected chi connectivity index (χ0v) is 15.2. The van der Waals surface area contributed by atoms with E-state index in [1.165, 1.54) is 23.1 Å². The fraction of sp³-hybridized carbons (Fsp3) is 0.529. The van der Waals surface area contributed by atoms with Crippen LogP contribution in [0.2, 0.25) is 0 Å². The van der Waals surface area contributed by atoms with Gasteiger partial charge >= 0.3 is 5.97 Å². The van der Waals surface area contributed by atoms with Crippen LogP contribution < -0.4 is 5.73 Å². The van der Waals surface area contributed by atoms with Crippen molar-refractivity contribution in [2.24, 2.45) is 0 Å². The van der Waals surface area contributed by atoms with Gasteiger partial charge in [0.05, 0.1) is 10.5 Å². The van der Waals surface area contributed by atoms with Crippen molar-refractivity contribution in [2.45, 2.75) is 52.7 Å². The molecular weight excluding hydrogens is 326 g/mol. The molecule has 0 aromatic heterocycles. The second-order valence-electron chi connectivity index (χ2n) is 6.77. The van der Waals surface area contributed by atoms with Crippen molar-refractivity contribution in [3.63, 3.8) is 0 Å². The summed E-state index contributed by atoms with van der Waals surface area (Å²) in [7, 11) is 0. The maximum Gasteiger partial charge on any atom is 0.326 e. The SMILES string of the molecule is CC[C@H](C)N(CC(=O)OC(C)(C)C)C(=O)c1cccc([N+](=O)[O-])c1N. The van der Waals surface area contributed by atoms with Gasteiger partial charge in [-0.3, -0.25) is 19.7 Å². The molecule has 0 saturated carbocycles. The summed E-state index contributed by atoms with van der Waals surface area (Å²) in [5.74, 6) is -1.09. The summed E-state index contributed by atoms with van der Waals surface area (Å²) in [4.78, 5) is 36.7. The molecule has 0 radical (unpaired) electrons. The van der Waals surface area contributed by atoms with E-state index in [-0.39, 0.29) is 29.5 Å². The number of ether oxygens (including phenoxy) is 1. The minimum Gasteiger partial charge on any atom is -0.459 e. The van der Waals surface area contributed by atoms with Crippen LogP contribution in [0.15, 0.2) is 18.2 Å². The third-order valence-electron chi connectivity index (χ3n) is 3.61. The number of nitrogens with two attached hydrogens (primary N) is 1. The first kappa shape index (κ1) is 20.4. The Morgan fingerprint density at radius 3 is 2.44 bits per heavy atom. The Balaban J connectivity index is 3.16. The number of anilines is 1. The fourth-order valence-electron chi connectivity index (χ4n) is 2.21. The van der Waals surface area contributed by atoms with Gasteiger partial charge in [-0.2, -0.15) is 0 Å². The minimum absolute atomic E-state index is 0.00180. The maximum atomic E-state index is 12.9. The number of amides is 1. The first-order chi connectivity index (χ1) is 11.5. The number of rotatable bonds is 6. The quantitative estimate of drug-likeness (QED) is 0.364. The zero-order chi connectivity index (χ0) is 19.4. The van der Waals surface area contributed by atoms with E-state index in [2.05, 4.69) is 0 Å². The van der Waals surface area contributed by atoms with Gasteiger partial charge in [0, 0.05) is 12.1 Å². The molecule has 0 unspecified atom stereocenters. The molecule has 1 aromatic carbocycles. The molecule has 1 atom stereocenters. The van der Waals surface area contributed by atoms with Gasteiger partial charge < -0.3 is 15.4 Å². The van der Waals surface area contributed by atoms with Gasteiger partial charge in [0.15, 0.2) is 0 Å². The normalized spacial score (nSPS) is 12.4. The number of hydrogen-bond acceptors (Lipinski definition) is 6. The number of nitrogens with zero attached hydrogens (tertiary/aromatic N) is 2. The molecule has 8 nitrogen and oxygen atoms in total. The molecule has 0 fully saturated rings. The topological polar surface area (TPSA) is 116 Å². The average Bonchev–Trinajstić information content (AvgIpc) is 2.49. The third kappa shape index (κ3) is 5.44. The van der Waals surface area contributed by atoms with Gasteiger partial charge in [-0.15, -0.1) is 0 Å². The zero-order valence-electron chi connectivity index (χ0n) is 15.2. The molecule has 0 aliphatic carbocycles. The molecule has 1 rings (SSSR count). The highest BCUT2D eigenvalue weighted by atomic mass is 16.6. The number of para-hydroxylation sites is 1. The summed E-state index contributed by atoms with van der Waals surface area (Å²) in [6.45, 7) is 8.61. The van der Waals surface area contributed by atoms with E-state index in [1.807, 2.05) is 6.92 Å². The molecule has 0 saturated heterocycles. The predicted octanol–water partition coefficient (Wildman–Crippen LogP) is 2.76. The van der Waals surface area contributed by atoms with E-state index in [4.69, 9.17) is 10.5 Å². The van der Waals surface area contributed by atoms with Crippen molar-refractivity contribution in [2.75, 3.05) is 12.3 Å². The highest BCUT2D eigenvalue weighted by Gasteiger charge is 2.29. The van der Waals surface area contributed by atoms with Gasteiger partial charge in [0.2, 0.25) is 0 Å². The lowest BCUT2D eigenvalue weighted by molar-refractivity contribution is -0.383. The third-order valence-corrected chi connectivity index (χ3v) is 3.61. The van der Waals surface area contributed by atoms with Crippen molar-refractivity contribution >= 4 is 23.3 Å². The van der Waals surface area contributed by atoms with E-state index in [9.17, 15) is 19.7 Å². The number of carbonyl (C=O) groups excluding carboxylic acids is 2. The van der Waals surface area contributed by atoms with Gasteiger partial charge in [-0.25, -0.2) is 0 Å². The number of hydrogen-bond donors (Lipinski definition) is 1. The Hall–Kier alpha value is -2.64. The second kappa shape index (κ2) is 7.96. The van der Waals surface area contributed by atoms with Crippen molar-refractivity contribution in [1.29, 1.82) is 0 Å². The summed E-state index contributed by atoms with van der Waals surface area (Å²) in [5, 5.41) is 11.0. The predicted molar refractivity (Wildman–Crippen MR) is 94.1 cm³/mol. The Morgan fingerprint density at radius 2 is 1.96 bits per heavy atom. The van der Waals surface area contributed by atoms with E-state index >= 15 is 0 Å². The highest BCUT2D eigenvalue weighted by molar-refractivity contribution is 6.02. The van der Waals surface area contributed by atoms with Crippen LogP contribution in [0.3, 0.4) is 0 Å². The number of nitrogen functional groups attached to an aromatic ring is 1. The number of nitro groups is 1. The van der Waals surface area contributed by atoms with E-state index in [0.29, 0.717) is 6.42 Å². The first-order valence-electron chi connectivity index (χ1n) is 8.03. The summed E-state index contributed by atoms with van der Waals surface area (Å²) >= 11 is 0. The van der Waals surface area contributed by atoms with Crippen LogP contribution >= 0.6 is 0 Å². The Kier molecular flexibility index (Phi) is 6.49. The van der Waals surface area contributed by atoms with Crippen LogP contribution in [-0.2, 0) is 9.53 Å². The maximum absolute atomic E-state index is 12.9. The first-order valence-corrected chi connectivity index (χ1v) is 8.03. The smallest absolute Gasteiger partial charge is 0.326 e. The molecule has 1 amide bonds. The lowest BCUT2D eigenvalue weighted by atomic mass is 10.1. The standard InChI is InChI=1S/C17H25N3O5/c1-6-11(2)19(10-14(21)25-17(3,4)5)16(22)12-8-7-9-13(15(12)18)20(23)24/h7-9,11H,6,10,18H2,1-5H3/t11-/m0/s1. The Morgan fingerprint density at radius 1 is 1.36 bits per heavy atom. The highest BCUT2D eigenvalue weighted by Crippen LogP contribution is 2.26. The molecule has 138 valence electrons. The van der Waals surface area contributed by atoms with Crippen molar-refractivity contribution in [3.8, 4) is 0 Å². The number of benzene rings is 1. The van der Waals surface area contributed by atoms with Gasteiger partial charge in [0.25, 0.3) is 11.6 Å². The van der Waals surface area contributed by atoms with Crippen LogP contribution in [0.5, 0.6) is 0 Å². The van der Waals surface area contributed by atoms with Crippen molar-refractivity contribution < 1.29 is 19.2 Å². The molecule has 8 heteroatoms. The second-order valence-corrected chi connectivity index (χ2v) is 6.77. The monoisotopic (exact) mass is 351 g/mol. The number of esters is 1. The molecule has 0 aliphatic rings. The van der Waals surface area contributed by atoms with Gasteiger partial charge in [-0.1, -0.05) is 13.0 Å². The van der Waals surface area contributed by atoms with E-state index in [1.54, 1.807) is 27.7 Å². The molecule has 1 aromatic rings. The molecule has 25 heavy (non-hydrogen) atoms. The number of carbonyl (C=O) groups is 2. The van der Waals surface area contributed by atoms with Crippen molar-refractivity contribution in [3.05, 3.63) is 33.9 Å². The van der Waals surface area contributed by atoms with Crippen LogP contribution in [-0.4, -0.2) is 39.9 Å². The van der Waals surface area contributed by atoms with Crippen LogP contribution in [0, 0.1) is 10.1 Å². The Bertz CT molecular complexity index is 667. The number of nitro benzene ring substituents is 1. The summed E-state index contributed by atoms with van der Waals surface area (Å²) in [6, 6.07) is 3.77. The molecule has 2 N–H and O–H groups in total. The fourth-order valence-corrected chi connectivity index (χ4v) is 2.21. The largest absolute Gasteiger partial charge is 0.459 e. The van der Waals surface area contributed by atoms with Gasteiger partial charge in [-0.05, 0) is 40.2 Å². The Labute approximate surface area is 147 Å². The molecule has 0 heterocycles. The summed E-state index contributed by atoms with van der Waals surface area (Å²) in [5.41, 5.74) is 4.56. The lowest BCUT2D eigenvalue weighted by Crippen LogP contribution is -2.43. The summed E-state index contributed by atoms with van der Waals surface area (Å²) in [6.07, 6.45) is 0.601. The molecule has 0 spiro atoms. The lowest BCUT2D eigenvalue weighted by Gasteiger charge is -2.29.